The standard InChI is InChI=1S/C42H53N5O4/c1-4-7-10-20-36-39(37(31-21-23-34(24-22-31)47(50)51)38(35(5-2)45-36)40(48)43-6-3)41(49)44-27-15-28-46-29-25-42(26-30-46,32-16-11-8-12-17-32)33-18-13-9-14-19-33/h8-9,11-14,16-19,21-24,37,45H,4-7,10,15,20,25-30H2,1-3H3,(H,43,48)(H,44,49). The van der Waals surface area contributed by atoms with E-state index >= 15 is 0 Å². The molecule has 2 aliphatic rings. The lowest BCUT2D eigenvalue weighted by Gasteiger charge is -2.43. The molecule has 2 amide bonds. The number of benzene rings is 3. The highest BCUT2D eigenvalue weighted by molar-refractivity contribution is 6.03. The fourth-order valence-corrected chi connectivity index (χ4v) is 7.77. The Bertz CT molecular complexity index is 1650. The highest BCUT2D eigenvalue weighted by Gasteiger charge is 2.39. The van der Waals surface area contributed by atoms with Gasteiger partial charge in [0, 0.05) is 59.1 Å². The molecule has 2 heterocycles. The Balaban J connectivity index is 1.32. The number of likely N-dealkylation sites (N-methyl/N-ethyl adjacent to an activating group) is 1. The van der Waals surface area contributed by atoms with Gasteiger partial charge in [-0.2, -0.15) is 0 Å². The van der Waals surface area contributed by atoms with Gasteiger partial charge in [-0.1, -0.05) is 99.5 Å². The summed E-state index contributed by atoms with van der Waals surface area (Å²) in [6.07, 6.45) is 7.05. The van der Waals surface area contributed by atoms with Crippen LogP contribution in [-0.2, 0) is 15.0 Å². The first-order valence-corrected chi connectivity index (χ1v) is 18.7. The molecule has 1 unspecified atom stereocenters. The first-order chi connectivity index (χ1) is 24.8. The van der Waals surface area contributed by atoms with Crippen molar-refractivity contribution in [3.8, 4) is 0 Å². The summed E-state index contributed by atoms with van der Waals surface area (Å²) in [4.78, 5) is 41.5. The molecule has 270 valence electrons. The highest BCUT2D eigenvalue weighted by atomic mass is 16.6. The lowest BCUT2D eigenvalue weighted by Crippen LogP contribution is -2.44. The summed E-state index contributed by atoms with van der Waals surface area (Å²) in [5.74, 6) is -1.10. The Labute approximate surface area is 302 Å². The third kappa shape index (κ3) is 8.76. The van der Waals surface area contributed by atoms with Crippen molar-refractivity contribution >= 4 is 17.5 Å². The third-order valence-electron chi connectivity index (χ3n) is 10.5. The Kier molecular flexibility index (Phi) is 13.2. The molecule has 0 spiro atoms. The quantitative estimate of drug-likeness (QED) is 0.0814. The number of hydrogen-bond donors (Lipinski definition) is 3. The molecular weight excluding hydrogens is 638 g/mol. The van der Waals surface area contributed by atoms with Crippen molar-refractivity contribution in [1.29, 1.82) is 0 Å². The molecule has 3 aromatic carbocycles. The summed E-state index contributed by atoms with van der Waals surface area (Å²) in [6, 6.07) is 28.0. The summed E-state index contributed by atoms with van der Waals surface area (Å²) in [6.45, 7) is 9.75. The van der Waals surface area contributed by atoms with Gasteiger partial charge < -0.3 is 20.9 Å². The molecule has 0 aliphatic carbocycles. The van der Waals surface area contributed by atoms with Crippen molar-refractivity contribution in [2.45, 2.75) is 83.5 Å². The number of carbonyl (C=O) groups is 2. The zero-order chi connectivity index (χ0) is 36.2. The molecule has 3 aromatic rings. The Morgan fingerprint density at radius 2 is 1.39 bits per heavy atom. The first-order valence-electron chi connectivity index (χ1n) is 18.7. The van der Waals surface area contributed by atoms with Crippen LogP contribution in [0.5, 0.6) is 0 Å². The molecule has 1 saturated heterocycles. The molecule has 5 rings (SSSR count). The minimum Gasteiger partial charge on any atom is -0.361 e. The van der Waals surface area contributed by atoms with Gasteiger partial charge in [-0.15, -0.1) is 0 Å². The molecule has 9 nitrogen and oxygen atoms in total. The molecule has 3 N–H and O–H groups in total. The zero-order valence-electron chi connectivity index (χ0n) is 30.4. The van der Waals surface area contributed by atoms with E-state index in [9.17, 15) is 19.7 Å². The van der Waals surface area contributed by atoms with Crippen molar-refractivity contribution < 1.29 is 14.5 Å². The molecule has 0 bridgehead atoms. The SMILES string of the molecule is CCCCCC1=C(C(=O)NCCCN2CCC(c3ccccc3)(c3ccccc3)CC2)C(c2ccc([N+](=O)[O-])cc2)C(C(=O)NCC)=C(CC)N1. The lowest BCUT2D eigenvalue weighted by atomic mass is 9.68. The average molecular weight is 692 g/mol. The van der Waals surface area contributed by atoms with Gasteiger partial charge in [0.15, 0.2) is 0 Å². The number of nitrogens with zero attached hydrogens (tertiary/aromatic N) is 2. The van der Waals surface area contributed by atoms with E-state index in [1.807, 2.05) is 13.8 Å². The Morgan fingerprint density at radius 1 is 0.804 bits per heavy atom. The number of hydrogen-bond acceptors (Lipinski definition) is 6. The van der Waals surface area contributed by atoms with Crippen molar-refractivity contribution in [3.63, 3.8) is 0 Å². The van der Waals surface area contributed by atoms with E-state index in [1.54, 1.807) is 12.1 Å². The zero-order valence-corrected chi connectivity index (χ0v) is 30.4. The van der Waals surface area contributed by atoms with E-state index in [-0.39, 0.29) is 22.9 Å². The maximum atomic E-state index is 14.3. The number of non-ortho nitro benzene ring substituents is 1. The minimum atomic E-state index is -0.656. The number of allylic oxidation sites excluding steroid dienone is 2. The summed E-state index contributed by atoms with van der Waals surface area (Å²) in [7, 11) is 0. The molecule has 1 atom stereocenters. The minimum absolute atomic E-state index is 0.0125. The lowest BCUT2D eigenvalue weighted by molar-refractivity contribution is -0.384. The number of unbranched alkanes of at least 4 members (excludes halogenated alkanes) is 2. The fourth-order valence-electron chi connectivity index (χ4n) is 7.77. The van der Waals surface area contributed by atoms with Crippen molar-refractivity contribution in [1.82, 2.24) is 20.9 Å². The van der Waals surface area contributed by atoms with Gasteiger partial charge >= 0.3 is 0 Å². The van der Waals surface area contributed by atoms with Gasteiger partial charge in [0.25, 0.3) is 5.69 Å². The number of amides is 2. The second-order valence-corrected chi connectivity index (χ2v) is 13.6. The van der Waals surface area contributed by atoms with Gasteiger partial charge in [0.1, 0.15) is 0 Å². The van der Waals surface area contributed by atoms with Crippen molar-refractivity contribution in [3.05, 3.63) is 134 Å². The van der Waals surface area contributed by atoms with Crippen LogP contribution in [0.15, 0.2) is 107 Å². The number of rotatable bonds is 16. The third-order valence-corrected chi connectivity index (χ3v) is 10.5. The molecule has 0 saturated carbocycles. The monoisotopic (exact) mass is 691 g/mol. The molecule has 51 heavy (non-hydrogen) atoms. The number of nitrogens with one attached hydrogen (secondary N) is 3. The second-order valence-electron chi connectivity index (χ2n) is 13.6. The van der Waals surface area contributed by atoms with E-state index in [2.05, 4.69) is 88.4 Å². The smallest absolute Gasteiger partial charge is 0.269 e. The van der Waals surface area contributed by atoms with Crippen LogP contribution in [0, 0.1) is 10.1 Å². The van der Waals surface area contributed by atoms with Gasteiger partial charge in [-0.3, -0.25) is 19.7 Å². The van der Waals surface area contributed by atoms with Crippen LogP contribution in [0.25, 0.3) is 0 Å². The predicted molar refractivity (Wildman–Crippen MR) is 203 cm³/mol. The molecular formula is C42H53N5O4. The fraction of sp³-hybridized carbons (Fsp3) is 0.429. The van der Waals surface area contributed by atoms with Gasteiger partial charge in [-0.05, 0) is 81.8 Å². The molecule has 9 heteroatoms. The van der Waals surface area contributed by atoms with Crippen LogP contribution in [0.3, 0.4) is 0 Å². The maximum absolute atomic E-state index is 14.3. The van der Waals surface area contributed by atoms with E-state index in [0.717, 1.165) is 69.6 Å². The highest BCUT2D eigenvalue weighted by Crippen LogP contribution is 2.42. The van der Waals surface area contributed by atoms with Crippen LogP contribution in [-0.4, -0.2) is 54.4 Å². The molecule has 1 fully saturated rings. The van der Waals surface area contributed by atoms with Gasteiger partial charge in [-0.25, -0.2) is 0 Å². The van der Waals surface area contributed by atoms with Crippen molar-refractivity contribution in [2.75, 3.05) is 32.7 Å². The van der Waals surface area contributed by atoms with Crippen LogP contribution >= 0.6 is 0 Å². The summed E-state index contributed by atoms with van der Waals surface area (Å²) < 4.78 is 0. The number of piperidine rings is 1. The number of likely N-dealkylation sites (tertiary alicyclic amines) is 1. The summed E-state index contributed by atoms with van der Waals surface area (Å²) in [5, 5.41) is 21.1. The maximum Gasteiger partial charge on any atom is 0.269 e. The summed E-state index contributed by atoms with van der Waals surface area (Å²) in [5.41, 5.74) is 5.97. The topological polar surface area (TPSA) is 117 Å². The Morgan fingerprint density at radius 3 is 1.94 bits per heavy atom. The average Bonchev–Trinajstić information content (AvgIpc) is 3.17. The second kappa shape index (κ2) is 17.9. The van der Waals surface area contributed by atoms with E-state index < -0.39 is 10.8 Å². The molecule has 2 aliphatic heterocycles. The number of dihydropyridines is 1. The summed E-state index contributed by atoms with van der Waals surface area (Å²) >= 11 is 0. The largest absolute Gasteiger partial charge is 0.361 e. The Hall–Kier alpha value is -4.76. The van der Waals surface area contributed by atoms with Crippen LogP contribution in [0.2, 0.25) is 0 Å². The number of nitro groups is 1. The molecule has 0 aromatic heterocycles. The molecule has 0 radical (unpaired) electrons. The van der Waals surface area contributed by atoms with Crippen LogP contribution in [0.4, 0.5) is 5.69 Å². The van der Waals surface area contributed by atoms with Crippen molar-refractivity contribution in [2.24, 2.45) is 0 Å². The normalized spacial score (nSPS) is 17.5. The first kappa shape index (κ1) is 37.5. The van der Waals surface area contributed by atoms with Crippen LogP contribution in [0.1, 0.15) is 94.7 Å². The van der Waals surface area contributed by atoms with Gasteiger partial charge in [0.2, 0.25) is 11.8 Å². The van der Waals surface area contributed by atoms with E-state index in [0.29, 0.717) is 42.6 Å². The van der Waals surface area contributed by atoms with Gasteiger partial charge in [0.05, 0.1) is 4.92 Å². The number of nitro benzene ring substituents is 1. The number of carbonyl (C=O) groups excluding carboxylic acids is 2. The van der Waals surface area contributed by atoms with E-state index in [1.165, 1.54) is 23.3 Å². The van der Waals surface area contributed by atoms with E-state index in [4.69, 9.17) is 0 Å². The predicted octanol–water partition coefficient (Wildman–Crippen LogP) is 7.50. The van der Waals surface area contributed by atoms with Crippen LogP contribution < -0.4 is 16.0 Å².